The molecule has 0 saturated carbocycles. The maximum atomic E-state index is 10.9. The molecule has 0 heterocycles. The van der Waals surface area contributed by atoms with Crippen molar-refractivity contribution >= 4 is 5.97 Å². The van der Waals surface area contributed by atoms with Gasteiger partial charge < -0.3 is 10.5 Å². The Morgan fingerprint density at radius 2 is 1.82 bits per heavy atom. The Bertz CT molecular complexity index is 134. The highest BCUT2D eigenvalue weighted by Gasteiger charge is 2.23. The Morgan fingerprint density at radius 1 is 1.36 bits per heavy atom. The highest BCUT2D eigenvalue weighted by atomic mass is 16.5. The van der Waals surface area contributed by atoms with E-state index >= 15 is 0 Å². The van der Waals surface area contributed by atoms with Crippen molar-refractivity contribution in [1.82, 2.24) is 0 Å². The fourth-order valence-corrected chi connectivity index (χ4v) is 0.765. The minimum Gasteiger partial charge on any atom is -0.468 e. The van der Waals surface area contributed by atoms with Crippen molar-refractivity contribution in [2.75, 3.05) is 7.11 Å². The third-order valence-corrected chi connectivity index (χ3v) is 2.09. The van der Waals surface area contributed by atoms with Crippen LogP contribution in [0.4, 0.5) is 0 Å². The van der Waals surface area contributed by atoms with Crippen LogP contribution in [0.15, 0.2) is 0 Å². The second-order valence-electron chi connectivity index (χ2n) is 3.15. The molecule has 0 aliphatic carbocycles. The van der Waals surface area contributed by atoms with Gasteiger partial charge in [0.2, 0.25) is 0 Å². The predicted molar refractivity (Wildman–Crippen MR) is 44.0 cm³/mol. The van der Waals surface area contributed by atoms with Gasteiger partial charge in [-0.15, -0.1) is 0 Å². The molecule has 0 aliphatic heterocycles. The second kappa shape index (κ2) is 4.34. The molecule has 2 unspecified atom stereocenters. The second-order valence-corrected chi connectivity index (χ2v) is 3.15. The molecule has 0 saturated heterocycles. The Kier molecular flexibility index (Phi) is 4.11. The molecule has 0 aromatic carbocycles. The van der Waals surface area contributed by atoms with Gasteiger partial charge in [-0.3, -0.25) is 4.79 Å². The first-order chi connectivity index (χ1) is 5.00. The van der Waals surface area contributed by atoms with Gasteiger partial charge in [0.1, 0.15) is 6.04 Å². The summed E-state index contributed by atoms with van der Waals surface area (Å²) < 4.78 is 4.52. The molecule has 3 heteroatoms. The topological polar surface area (TPSA) is 52.3 Å². The zero-order valence-corrected chi connectivity index (χ0v) is 7.63. The minimum atomic E-state index is -0.486. The van der Waals surface area contributed by atoms with Crippen LogP contribution in [-0.2, 0) is 9.53 Å². The Labute approximate surface area is 67.9 Å². The number of methoxy groups -OCH3 is 1. The number of rotatable bonds is 3. The molecule has 0 rings (SSSR count). The Hall–Kier alpha value is -0.570. The lowest BCUT2D eigenvalue weighted by Gasteiger charge is -2.20. The van der Waals surface area contributed by atoms with Crippen molar-refractivity contribution in [2.45, 2.75) is 26.8 Å². The number of nitrogens with two attached hydrogens (primary N) is 1. The van der Waals surface area contributed by atoms with Crippen LogP contribution in [0.1, 0.15) is 20.8 Å². The summed E-state index contributed by atoms with van der Waals surface area (Å²) in [6.07, 6.45) is 0. The van der Waals surface area contributed by atoms with Crippen molar-refractivity contribution in [2.24, 2.45) is 17.6 Å². The van der Waals surface area contributed by atoms with E-state index in [0.29, 0.717) is 5.92 Å². The monoisotopic (exact) mass is 159 g/mol. The Balaban J connectivity index is 4.01. The first kappa shape index (κ1) is 10.4. The molecule has 0 radical (unpaired) electrons. The van der Waals surface area contributed by atoms with E-state index in [2.05, 4.69) is 4.74 Å². The third-order valence-electron chi connectivity index (χ3n) is 2.09. The molecule has 3 nitrogen and oxygen atoms in total. The normalized spacial score (nSPS) is 16.2. The van der Waals surface area contributed by atoms with Gasteiger partial charge in [-0.2, -0.15) is 0 Å². The van der Waals surface area contributed by atoms with Gasteiger partial charge in [-0.25, -0.2) is 0 Å². The lowest BCUT2D eigenvalue weighted by molar-refractivity contribution is -0.143. The van der Waals surface area contributed by atoms with E-state index in [1.165, 1.54) is 7.11 Å². The molecule has 0 spiro atoms. The summed E-state index contributed by atoms with van der Waals surface area (Å²) in [5, 5.41) is 0. The van der Waals surface area contributed by atoms with Crippen molar-refractivity contribution in [3.05, 3.63) is 0 Å². The van der Waals surface area contributed by atoms with E-state index in [4.69, 9.17) is 5.73 Å². The van der Waals surface area contributed by atoms with Crippen LogP contribution in [-0.4, -0.2) is 19.1 Å². The van der Waals surface area contributed by atoms with E-state index in [1.54, 1.807) is 0 Å². The average Bonchev–Trinajstić information content (AvgIpc) is 2.00. The highest BCUT2D eigenvalue weighted by molar-refractivity contribution is 5.75. The van der Waals surface area contributed by atoms with E-state index in [-0.39, 0.29) is 11.9 Å². The lowest BCUT2D eigenvalue weighted by Crippen LogP contribution is -2.39. The molecule has 0 bridgehead atoms. The summed E-state index contributed by atoms with van der Waals surface area (Å²) in [7, 11) is 1.36. The van der Waals surface area contributed by atoms with Crippen molar-refractivity contribution in [3.8, 4) is 0 Å². The van der Waals surface area contributed by atoms with E-state index < -0.39 is 6.04 Å². The first-order valence-electron chi connectivity index (χ1n) is 3.84. The quantitative estimate of drug-likeness (QED) is 0.619. The van der Waals surface area contributed by atoms with Crippen LogP contribution >= 0.6 is 0 Å². The van der Waals surface area contributed by atoms with E-state index in [9.17, 15) is 4.79 Å². The van der Waals surface area contributed by atoms with Crippen LogP contribution in [0.2, 0.25) is 0 Å². The maximum Gasteiger partial charge on any atom is 0.322 e. The van der Waals surface area contributed by atoms with Crippen LogP contribution in [0.5, 0.6) is 0 Å². The lowest BCUT2D eigenvalue weighted by atomic mass is 9.91. The summed E-state index contributed by atoms with van der Waals surface area (Å²) in [6.45, 7) is 6.02. The number of esters is 1. The van der Waals surface area contributed by atoms with Crippen LogP contribution < -0.4 is 5.73 Å². The molecular weight excluding hydrogens is 142 g/mol. The molecule has 0 aliphatic rings. The molecule has 0 aromatic heterocycles. The minimum absolute atomic E-state index is 0.169. The summed E-state index contributed by atoms with van der Waals surface area (Å²) in [4.78, 5) is 10.9. The maximum absolute atomic E-state index is 10.9. The van der Waals surface area contributed by atoms with Crippen molar-refractivity contribution < 1.29 is 9.53 Å². The number of carbonyl (C=O) groups excluding carboxylic acids is 1. The van der Waals surface area contributed by atoms with E-state index in [0.717, 1.165) is 0 Å². The van der Waals surface area contributed by atoms with Crippen molar-refractivity contribution in [1.29, 1.82) is 0 Å². The average molecular weight is 159 g/mol. The van der Waals surface area contributed by atoms with Gasteiger partial charge in [-0.1, -0.05) is 20.8 Å². The molecule has 0 amide bonds. The van der Waals surface area contributed by atoms with Crippen LogP contribution in [0.25, 0.3) is 0 Å². The zero-order chi connectivity index (χ0) is 9.02. The zero-order valence-electron chi connectivity index (χ0n) is 7.63. The molecule has 0 aromatic rings. The fraction of sp³-hybridized carbons (Fsp3) is 0.875. The van der Waals surface area contributed by atoms with Gasteiger partial charge in [0.05, 0.1) is 7.11 Å². The smallest absolute Gasteiger partial charge is 0.322 e. The summed E-state index contributed by atoms with van der Waals surface area (Å²) >= 11 is 0. The van der Waals surface area contributed by atoms with Crippen LogP contribution in [0, 0.1) is 11.8 Å². The Morgan fingerprint density at radius 3 is 2.09 bits per heavy atom. The van der Waals surface area contributed by atoms with Crippen molar-refractivity contribution in [3.63, 3.8) is 0 Å². The summed E-state index contributed by atoms with van der Waals surface area (Å²) in [5.41, 5.74) is 5.60. The number of hydrogen-bond acceptors (Lipinski definition) is 3. The highest BCUT2D eigenvalue weighted by Crippen LogP contribution is 2.13. The standard InChI is InChI=1S/C8H17NO2/c1-5(2)6(3)7(9)8(10)11-4/h5-7H,9H2,1-4H3. The van der Waals surface area contributed by atoms with Gasteiger partial charge in [0.25, 0.3) is 0 Å². The van der Waals surface area contributed by atoms with Gasteiger partial charge in [0.15, 0.2) is 0 Å². The van der Waals surface area contributed by atoms with Gasteiger partial charge in [0, 0.05) is 0 Å². The van der Waals surface area contributed by atoms with Gasteiger partial charge >= 0.3 is 5.97 Å². The van der Waals surface area contributed by atoms with E-state index in [1.807, 2.05) is 20.8 Å². The largest absolute Gasteiger partial charge is 0.468 e. The molecule has 66 valence electrons. The first-order valence-corrected chi connectivity index (χ1v) is 3.84. The molecule has 0 fully saturated rings. The molecule has 11 heavy (non-hydrogen) atoms. The SMILES string of the molecule is COC(=O)C(N)C(C)C(C)C. The third kappa shape index (κ3) is 2.89. The number of hydrogen-bond donors (Lipinski definition) is 1. The number of carbonyl (C=O) groups is 1. The molecule has 2 atom stereocenters. The molecular formula is C8H17NO2. The fourth-order valence-electron chi connectivity index (χ4n) is 0.765. The summed E-state index contributed by atoms with van der Waals surface area (Å²) in [6, 6.07) is -0.486. The van der Waals surface area contributed by atoms with Crippen LogP contribution in [0.3, 0.4) is 0 Å². The molecule has 2 N–H and O–H groups in total. The van der Waals surface area contributed by atoms with Gasteiger partial charge in [-0.05, 0) is 11.8 Å². The summed E-state index contributed by atoms with van der Waals surface area (Å²) in [5.74, 6) is 0.248. The predicted octanol–water partition coefficient (Wildman–Crippen LogP) is 0.779. The number of ether oxygens (including phenoxy) is 1.